The van der Waals surface area contributed by atoms with Gasteiger partial charge in [-0.05, 0) is 18.2 Å². The number of hydrogen-bond acceptors (Lipinski definition) is 6. The molecule has 0 aliphatic carbocycles. The third kappa shape index (κ3) is 1.90. The molecule has 0 unspecified atom stereocenters. The Morgan fingerprint density at radius 1 is 1.21 bits per heavy atom. The molecule has 3 aromatic heterocycles. The van der Waals surface area contributed by atoms with Crippen LogP contribution in [0.15, 0.2) is 36.8 Å². The van der Waals surface area contributed by atoms with E-state index in [1.54, 1.807) is 41.2 Å². The van der Waals surface area contributed by atoms with Crippen molar-refractivity contribution >= 4 is 11.6 Å². The minimum atomic E-state index is -0.408. The summed E-state index contributed by atoms with van der Waals surface area (Å²) in [6.45, 7) is 0. The highest BCUT2D eigenvalue weighted by Crippen LogP contribution is 2.17. The summed E-state index contributed by atoms with van der Waals surface area (Å²) in [6, 6.07) is 5.12. The van der Waals surface area contributed by atoms with E-state index in [1.165, 1.54) is 7.11 Å². The van der Waals surface area contributed by atoms with Gasteiger partial charge in [0.25, 0.3) is 0 Å². The predicted octanol–water partition coefficient (Wildman–Crippen LogP) is 0.973. The van der Waals surface area contributed by atoms with Gasteiger partial charge in [0.15, 0.2) is 11.5 Å². The van der Waals surface area contributed by atoms with Crippen molar-refractivity contribution in [2.24, 2.45) is 0 Å². The second-order valence-corrected chi connectivity index (χ2v) is 3.79. The predicted molar refractivity (Wildman–Crippen MR) is 65.4 cm³/mol. The number of fused-ring (bicyclic) bond motifs is 1. The average Bonchev–Trinajstić information content (AvgIpc) is 2.90. The third-order valence-electron chi connectivity index (χ3n) is 2.67. The number of hydrogen-bond donors (Lipinski definition) is 0. The molecule has 7 heteroatoms. The molecule has 3 rings (SSSR count). The van der Waals surface area contributed by atoms with Crippen LogP contribution in [-0.2, 0) is 4.74 Å². The minimum absolute atomic E-state index is 0.408. The number of pyridine rings is 1. The second kappa shape index (κ2) is 4.45. The van der Waals surface area contributed by atoms with Crippen LogP contribution in [0.5, 0.6) is 0 Å². The van der Waals surface area contributed by atoms with Crippen LogP contribution in [0.3, 0.4) is 0 Å². The largest absolute Gasteiger partial charge is 0.465 e. The summed E-state index contributed by atoms with van der Waals surface area (Å²) in [5.74, 6) is 0.185. The molecule has 0 spiro atoms. The Morgan fingerprint density at radius 3 is 2.84 bits per heavy atom. The summed E-state index contributed by atoms with van der Waals surface area (Å²) in [4.78, 5) is 11.5. The molecule has 0 atom stereocenters. The maximum Gasteiger partial charge on any atom is 0.339 e. The minimum Gasteiger partial charge on any atom is -0.465 e. The van der Waals surface area contributed by atoms with Crippen LogP contribution in [0, 0.1) is 0 Å². The first-order valence-electron chi connectivity index (χ1n) is 5.50. The quantitative estimate of drug-likeness (QED) is 0.635. The summed E-state index contributed by atoms with van der Waals surface area (Å²) < 4.78 is 6.40. The van der Waals surface area contributed by atoms with Crippen LogP contribution in [0.4, 0.5) is 0 Å². The normalized spacial score (nSPS) is 10.6. The van der Waals surface area contributed by atoms with E-state index in [4.69, 9.17) is 4.74 Å². The van der Waals surface area contributed by atoms with E-state index in [2.05, 4.69) is 20.4 Å². The van der Waals surface area contributed by atoms with Crippen molar-refractivity contribution in [1.82, 2.24) is 24.8 Å². The molecular weight excluding hydrogens is 246 g/mol. The van der Waals surface area contributed by atoms with Crippen LogP contribution in [0.1, 0.15) is 10.4 Å². The van der Waals surface area contributed by atoms with Gasteiger partial charge < -0.3 is 4.74 Å². The van der Waals surface area contributed by atoms with Crippen molar-refractivity contribution in [3.8, 4) is 11.4 Å². The molecule has 0 amide bonds. The van der Waals surface area contributed by atoms with Gasteiger partial charge in [-0.2, -0.15) is 10.2 Å². The van der Waals surface area contributed by atoms with E-state index < -0.39 is 5.97 Å². The lowest BCUT2D eigenvalue weighted by atomic mass is 10.2. The van der Waals surface area contributed by atoms with Crippen molar-refractivity contribution in [2.75, 3.05) is 7.11 Å². The highest BCUT2D eigenvalue weighted by Gasteiger charge is 2.11. The Bertz CT molecular complexity index is 738. The molecule has 19 heavy (non-hydrogen) atoms. The van der Waals surface area contributed by atoms with Crippen molar-refractivity contribution in [3.63, 3.8) is 0 Å². The third-order valence-corrected chi connectivity index (χ3v) is 2.67. The molecule has 7 nitrogen and oxygen atoms in total. The second-order valence-electron chi connectivity index (χ2n) is 3.79. The Balaban J connectivity index is 2.19. The number of methoxy groups -OCH3 is 1. The van der Waals surface area contributed by atoms with Gasteiger partial charge in [0.2, 0.25) is 0 Å². The summed E-state index contributed by atoms with van der Waals surface area (Å²) >= 11 is 0. The molecule has 94 valence electrons. The highest BCUT2D eigenvalue weighted by atomic mass is 16.5. The Labute approximate surface area is 107 Å². The molecule has 0 fully saturated rings. The maximum atomic E-state index is 11.5. The van der Waals surface area contributed by atoms with Gasteiger partial charge >= 0.3 is 5.97 Å². The Hall–Kier alpha value is -2.83. The fraction of sp³-hybridized carbons (Fsp3) is 0.0833. The lowest BCUT2D eigenvalue weighted by Crippen LogP contribution is -2.03. The highest BCUT2D eigenvalue weighted by molar-refractivity contribution is 5.89. The van der Waals surface area contributed by atoms with E-state index in [1.807, 2.05) is 0 Å². The molecule has 0 N–H and O–H groups in total. The fourth-order valence-electron chi connectivity index (χ4n) is 1.75. The number of aromatic nitrogens is 5. The van der Waals surface area contributed by atoms with Crippen molar-refractivity contribution in [2.45, 2.75) is 0 Å². The SMILES string of the molecule is COC(=O)c1ccc2nnc(-c3ccnnc3)n2c1. The van der Waals surface area contributed by atoms with Gasteiger partial charge in [0.05, 0.1) is 25.1 Å². The lowest BCUT2D eigenvalue weighted by Gasteiger charge is -2.02. The number of esters is 1. The summed E-state index contributed by atoms with van der Waals surface area (Å²) in [5, 5.41) is 15.6. The monoisotopic (exact) mass is 255 g/mol. The van der Waals surface area contributed by atoms with E-state index >= 15 is 0 Å². The number of rotatable bonds is 2. The number of nitrogens with zero attached hydrogens (tertiary/aromatic N) is 5. The zero-order valence-corrected chi connectivity index (χ0v) is 10.0. The molecule has 0 saturated heterocycles. The van der Waals surface area contributed by atoms with Gasteiger partial charge in [0, 0.05) is 11.8 Å². The molecule has 3 heterocycles. The number of carbonyl (C=O) groups is 1. The van der Waals surface area contributed by atoms with Crippen LogP contribution in [0.2, 0.25) is 0 Å². The molecule has 0 aliphatic heterocycles. The first kappa shape index (κ1) is 11.3. The van der Waals surface area contributed by atoms with Crippen molar-refractivity contribution in [1.29, 1.82) is 0 Å². The maximum absolute atomic E-state index is 11.5. The van der Waals surface area contributed by atoms with E-state index in [0.29, 0.717) is 17.0 Å². The van der Waals surface area contributed by atoms with Gasteiger partial charge in [-0.3, -0.25) is 4.40 Å². The first-order chi connectivity index (χ1) is 9.29. The average molecular weight is 255 g/mol. The Kier molecular flexibility index (Phi) is 2.64. The van der Waals surface area contributed by atoms with Crippen LogP contribution >= 0.6 is 0 Å². The van der Waals surface area contributed by atoms with Crippen LogP contribution in [0.25, 0.3) is 17.0 Å². The van der Waals surface area contributed by atoms with E-state index in [9.17, 15) is 4.79 Å². The molecule has 0 saturated carbocycles. The van der Waals surface area contributed by atoms with Gasteiger partial charge in [-0.1, -0.05) is 0 Å². The number of ether oxygens (including phenoxy) is 1. The molecule has 0 aliphatic rings. The Morgan fingerprint density at radius 2 is 2.11 bits per heavy atom. The fourth-order valence-corrected chi connectivity index (χ4v) is 1.75. The zero-order valence-electron chi connectivity index (χ0n) is 10.0. The van der Waals surface area contributed by atoms with E-state index in [0.717, 1.165) is 5.56 Å². The first-order valence-corrected chi connectivity index (χ1v) is 5.50. The van der Waals surface area contributed by atoms with Gasteiger partial charge in [-0.15, -0.1) is 10.2 Å². The molecule has 3 aromatic rings. The van der Waals surface area contributed by atoms with Gasteiger partial charge in [0.1, 0.15) is 0 Å². The smallest absolute Gasteiger partial charge is 0.339 e. The van der Waals surface area contributed by atoms with Gasteiger partial charge in [-0.25, -0.2) is 4.79 Å². The zero-order chi connectivity index (χ0) is 13.2. The molecule has 0 radical (unpaired) electrons. The lowest BCUT2D eigenvalue weighted by molar-refractivity contribution is 0.0600. The summed E-state index contributed by atoms with van der Waals surface area (Å²) in [5.41, 5.74) is 1.84. The molecule has 0 aromatic carbocycles. The van der Waals surface area contributed by atoms with E-state index in [-0.39, 0.29) is 0 Å². The number of carbonyl (C=O) groups excluding carboxylic acids is 1. The summed E-state index contributed by atoms with van der Waals surface area (Å²) in [6.07, 6.45) is 4.79. The molecule has 0 bridgehead atoms. The summed E-state index contributed by atoms with van der Waals surface area (Å²) in [7, 11) is 1.34. The van der Waals surface area contributed by atoms with Crippen molar-refractivity contribution in [3.05, 3.63) is 42.4 Å². The topological polar surface area (TPSA) is 82.3 Å². The molecular formula is C12H9N5O2. The van der Waals surface area contributed by atoms with Crippen LogP contribution in [-0.4, -0.2) is 37.9 Å². The standard InChI is InChI=1S/C12H9N5O2/c1-19-12(18)9-2-3-10-15-16-11(17(10)7-9)8-4-5-13-14-6-8/h2-7H,1H3. The van der Waals surface area contributed by atoms with Crippen LogP contribution < -0.4 is 0 Å². The van der Waals surface area contributed by atoms with Crippen molar-refractivity contribution < 1.29 is 9.53 Å².